The van der Waals surface area contributed by atoms with Crippen LogP contribution in [0.5, 0.6) is 0 Å². The van der Waals surface area contributed by atoms with Crippen molar-refractivity contribution in [2.45, 2.75) is 115 Å². The van der Waals surface area contributed by atoms with Crippen molar-refractivity contribution < 1.29 is 0 Å². The second-order valence-electron chi connectivity index (χ2n) is 29.7. The standard InChI is InChI=1S/C82H70/c1-81(2)71-39-49(11-19-65(71)67-21-13-51(41-73(67)81)63-17-9-47-5-7-53-35-61(37-55-15-23-69(63)79(47)77(53)55)75-57-27-43-25-44(29-57)30-58(75)28-43)50-12-20-66-68-22-14-52(42-74(68)82(3,4)72(66)40-50)64-18-10-48-6-8-54-36-62(38-56-16-24-70(64)80(48)78(54)56)76-59-31-45-26-46(33-59)34-60(76)32-45/h5-24,35-46,57-60,75-76H,25-34H2,1-4H3. The van der Waals surface area contributed by atoms with Crippen molar-refractivity contribution in [3.63, 3.8) is 0 Å². The molecule has 10 aliphatic rings. The van der Waals surface area contributed by atoms with Gasteiger partial charge in [-0.15, -0.1) is 0 Å². The summed E-state index contributed by atoms with van der Waals surface area (Å²) in [5.41, 5.74) is 22.0. The van der Waals surface area contributed by atoms with E-state index >= 15 is 0 Å². The maximum absolute atomic E-state index is 2.62. The molecular weight excluding hydrogens is 985 g/mol. The molecule has 0 N–H and O–H groups in total. The lowest BCUT2D eigenvalue weighted by Crippen LogP contribution is -2.43. The molecule has 0 heterocycles. The lowest BCUT2D eigenvalue weighted by atomic mass is 9.50. The summed E-state index contributed by atoms with van der Waals surface area (Å²) in [4.78, 5) is 0. The van der Waals surface area contributed by atoms with E-state index in [2.05, 4.69) is 198 Å². The zero-order chi connectivity index (χ0) is 53.8. The van der Waals surface area contributed by atoms with Gasteiger partial charge in [0.2, 0.25) is 0 Å². The van der Waals surface area contributed by atoms with Crippen LogP contribution in [0.4, 0.5) is 0 Å². The van der Waals surface area contributed by atoms with Crippen LogP contribution in [0.1, 0.15) is 137 Å². The summed E-state index contributed by atoms with van der Waals surface area (Å²) in [5, 5.41) is 16.9. The second kappa shape index (κ2) is 15.9. The van der Waals surface area contributed by atoms with E-state index in [9.17, 15) is 0 Å². The third-order valence-electron chi connectivity index (χ3n) is 24.8. The molecule has 8 saturated carbocycles. The van der Waals surface area contributed by atoms with Gasteiger partial charge in [0.1, 0.15) is 0 Å². The Labute approximate surface area is 482 Å². The highest BCUT2D eigenvalue weighted by Gasteiger charge is 2.50. The maximum Gasteiger partial charge on any atom is 0.0159 e. The third-order valence-corrected chi connectivity index (χ3v) is 24.8. The van der Waals surface area contributed by atoms with Crippen LogP contribution < -0.4 is 0 Å². The topological polar surface area (TPSA) is 0 Å². The van der Waals surface area contributed by atoms with E-state index in [-0.39, 0.29) is 10.8 Å². The van der Waals surface area contributed by atoms with Gasteiger partial charge in [0, 0.05) is 10.8 Å². The Balaban J connectivity index is 0.612. The molecule has 8 fully saturated rings. The zero-order valence-electron chi connectivity index (χ0n) is 48.0. The van der Waals surface area contributed by atoms with Gasteiger partial charge in [-0.25, -0.2) is 0 Å². The number of benzene rings is 12. The molecule has 398 valence electrons. The normalized spacial score (nSPS) is 27.5. The molecule has 10 aliphatic carbocycles. The molecule has 0 spiro atoms. The van der Waals surface area contributed by atoms with Crippen molar-refractivity contribution in [1.29, 1.82) is 0 Å². The minimum atomic E-state index is -0.153. The fraction of sp³-hybridized carbons (Fsp3) is 0.317. The highest BCUT2D eigenvalue weighted by atomic mass is 14.5. The molecule has 0 amide bonds. The van der Waals surface area contributed by atoms with Crippen LogP contribution >= 0.6 is 0 Å². The SMILES string of the molecule is CC1(C)c2cc(-c3ccc4c(c3)C(C)(C)c3cc(-c5ccc6ccc7cc(C8C9CC%10CC(C9)CC8C%10)cc8ccc5c6c78)ccc3-4)ccc2-c2ccc(-c3ccc4ccc5cc(C6C7CC8CC(C7)CC6C8)cc6ccc3c4c56)cc21. The smallest absolute Gasteiger partial charge is 0.0159 e. The number of hydrogen-bond donors (Lipinski definition) is 0. The van der Waals surface area contributed by atoms with Crippen LogP contribution in [-0.4, -0.2) is 0 Å². The fourth-order valence-corrected chi connectivity index (χ4v) is 21.7. The van der Waals surface area contributed by atoms with Crippen molar-refractivity contribution in [2.75, 3.05) is 0 Å². The van der Waals surface area contributed by atoms with E-state index in [1.165, 1.54) is 207 Å². The van der Waals surface area contributed by atoms with Crippen LogP contribution in [0.25, 0.3) is 120 Å². The van der Waals surface area contributed by atoms with Crippen LogP contribution in [0.15, 0.2) is 170 Å². The Hall–Kier alpha value is -7.28. The molecule has 12 aromatic rings. The average Bonchev–Trinajstić information content (AvgIpc) is 1.86. The van der Waals surface area contributed by atoms with Gasteiger partial charge in [0.15, 0.2) is 0 Å². The first kappa shape index (κ1) is 46.2. The molecule has 0 unspecified atom stereocenters. The van der Waals surface area contributed by atoms with E-state index < -0.39 is 0 Å². The van der Waals surface area contributed by atoms with Gasteiger partial charge >= 0.3 is 0 Å². The monoisotopic (exact) mass is 1050 g/mol. The molecule has 12 aromatic carbocycles. The molecule has 22 rings (SSSR count). The van der Waals surface area contributed by atoms with E-state index in [0.717, 1.165) is 59.2 Å². The highest BCUT2D eigenvalue weighted by Crippen LogP contribution is 2.63. The van der Waals surface area contributed by atoms with Gasteiger partial charge in [-0.3, -0.25) is 0 Å². The molecule has 0 aromatic heterocycles. The zero-order valence-corrected chi connectivity index (χ0v) is 48.0. The molecular formula is C82H70. The lowest BCUT2D eigenvalue weighted by molar-refractivity contribution is -0.00276. The van der Waals surface area contributed by atoms with E-state index in [1.807, 2.05) is 0 Å². The Morgan fingerprint density at radius 3 is 0.890 bits per heavy atom. The number of hydrogen-bond acceptors (Lipinski definition) is 0. The average molecular weight is 1060 g/mol. The molecule has 8 bridgehead atoms. The summed E-state index contributed by atoms with van der Waals surface area (Å²) < 4.78 is 0. The largest absolute Gasteiger partial charge is 0.0537 e. The van der Waals surface area contributed by atoms with Gasteiger partial charge in [-0.05, 0) is 301 Å². The summed E-state index contributed by atoms with van der Waals surface area (Å²) >= 11 is 0. The first-order chi connectivity index (χ1) is 40.0. The van der Waals surface area contributed by atoms with Gasteiger partial charge in [0.25, 0.3) is 0 Å². The molecule has 0 nitrogen and oxygen atoms in total. The maximum atomic E-state index is 2.62. The first-order valence-electron chi connectivity index (χ1n) is 32.1. The molecule has 0 heteroatoms. The Bertz CT molecular complexity index is 4390. The highest BCUT2D eigenvalue weighted by molar-refractivity contribution is 6.27. The summed E-state index contributed by atoms with van der Waals surface area (Å²) in [7, 11) is 0. The molecule has 82 heavy (non-hydrogen) atoms. The molecule has 0 radical (unpaired) electrons. The summed E-state index contributed by atoms with van der Waals surface area (Å²) in [6.07, 6.45) is 14.7. The summed E-state index contributed by atoms with van der Waals surface area (Å²) in [6, 6.07) is 68.9. The minimum Gasteiger partial charge on any atom is -0.0537 e. The van der Waals surface area contributed by atoms with Gasteiger partial charge < -0.3 is 0 Å². The van der Waals surface area contributed by atoms with Crippen molar-refractivity contribution in [1.82, 2.24) is 0 Å². The van der Waals surface area contributed by atoms with Crippen molar-refractivity contribution in [2.24, 2.45) is 47.3 Å². The minimum absolute atomic E-state index is 0.153. The Morgan fingerprint density at radius 1 is 0.256 bits per heavy atom. The van der Waals surface area contributed by atoms with Crippen LogP contribution in [0.3, 0.4) is 0 Å². The van der Waals surface area contributed by atoms with Crippen LogP contribution in [0, 0.1) is 47.3 Å². The quantitative estimate of drug-likeness (QED) is 0.151. The Morgan fingerprint density at radius 2 is 0.537 bits per heavy atom. The van der Waals surface area contributed by atoms with Crippen molar-refractivity contribution >= 4 is 64.6 Å². The van der Waals surface area contributed by atoms with Gasteiger partial charge in [-0.2, -0.15) is 0 Å². The van der Waals surface area contributed by atoms with E-state index in [1.54, 1.807) is 11.1 Å². The van der Waals surface area contributed by atoms with Gasteiger partial charge in [0.05, 0.1) is 0 Å². The lowest BCUT2D eigenvalue weighted by Gasteiger charge is -2.54. The Kier molecular flexibility index (Phi) is 8.95. The van der Waals surface area contributed by atoms with Gasteiger partial charge in [-0.1, -0.05) is 173 Å². The van der Waals surface area contributed by atoms with Crippen molar-refractivity contribution in [3.05, 3.63) is 203 Å². The molecule has 0 atom stereocenters. The van der Waals surface area contributed by atoms with Crippen LogP contribution in [-0.2, 0) is 10.8 Å². The van der Waals surface area contributed by atoms with E-state index in [0.29, 0.717) is 0 Å². The fourth-order valence-electron chi connectivity index (χ4n) is 21.7. The summed E-state index contributed by atoms with van der Waals surface area (Å²) in [6.45, 7) is 9.82. The van der Waals surface area contributed by atoms with E-state index in [4.69, 9.17) is 0 Å². The first-order valence-corrected chi connectivity index (χ1v) is 32.1. The number of rotatable bonds is 5. The predicted octanol–water partition coefficient (Wildman–Crippen LogP) is 22.2. The number of fused-ring (bicyclic) bond motifs is 6. The van der Waals surface area contributed by atoms with Crippen molar-refractivity contribution in [3.8, 4) is 55.6 Å². The second-order valence-corrected chi connectivity index (χ2v) is 29.7. The predicted molar refractivity (Wildman–Crippen MR) is 345 cm³/mol. The van der Waals surface area contributed by atoms with Crippen LogP contribution in [0.2, 0.25) is 0 Å². The third kappa shape index (κ3) is 6.15. The molecule has 0 saturated heterocycles. The summed E-state index contributed by atoms with van der Waals surface area (Å²) in [5.74, 6) is 9.05. The molecule has 0 aliphatic heterocycles.